The quantitative estimate of drug-likeness (QED) is 0.0959. The topological polar surface area (TPSA) is 59.9 Å². The number of methoxy groups -OCH3 is 1. The Labute approximate surface area is 227 Å². The summed E-state index contributed by atoms with van der Waals surface area (Å²) in [6, 6.07) is 25.5. The number of rotatable bonds is 9. The highest BCUT2D eigenvalue weighted by Gasteiger charge is 2.12. The molecule has 0 saturated carbocycles. The molecule has 0 heterocycles. The van der Waals surface area contributed by atoms with Gasteiger partial charge in [-0.25, -0.2) is 5.43 Å². The van der Waals surface area contributed by atoms with Crippen LogP contribution in [0.2, 0.25) is 5.02 Å². The van der Waals surface area contributed by atoms with E-state index in [2.05, 4.69) is 57.4 Å². The lowest BCUT2D eigenvalue weighted by atomic mass is 10.1. The number of amides is 1. The van der Waals surface area contributed by atoms with E-state index in [4.69, 9.17) is 21.1 Å². The van der Waals surface area contributed by atoms with Crippen LogP contribution in [0.1, 0.15) is 11.1 Å². The van der Waals surface area contributed by atoms with Crippen molar-refractivity contribution in [2.45, 2.75) is 11.5 Å². The molecule has 0 fully saturated rings. The second kappa shape index (κ2) is 12.3. The van der Waals surface area contributed by atoms with Gasteiger partial charge in [-0.3, -0.25) is 4.79 Å². The van der Waals surface area contributed by atoms with Crippen molar-refractivity contribution in [1.29, 1.82) is 0 Å². The van der Waals surface area contributed by atoms with Crippen molar-refractivity contribution in [3.63, 3.8) is 0 Å². The van der Waals surface area contributed by atoms with Gasteiger partial charge in [0.1, 0.15) is 6.61 Å². The molecule has 0 aliphatic rings. The first-order valence-corrected chi connectivity index (χ1v) is 13.1. The van der Waals surface area contributed by atoms with Crippen molar-refractivity contribution < 1.29 is 14.3 Å². The van der Waals surface area contributed by atoms with Crippen molar-refractivity contribution in [2.24, 2.45) is 5.10 Å². The summed E-state index contributed by atoms with van der Waals surface area (Å²) in [4.78, 5) is 13.1. The number of nitrogens with one attached hydrogen (secondary N) is 1. The highest BCUT2D eigenvalue weighted by atomic mass is 127. The van der Waals surface area contributed by atoms with Crippen LogP contribution in [0.15, 0.2) is 88.9 Å². The number of fused-ring (bicyclic) bond motifs is 1. The maximum atomic E-state index is 12.1. The first-order valence-electron chi connectivity index (χ1n) is 10.7. The summed E-state index contributed by atoms with van der Waals surface area (Å²) in [6.45, 7) is 0.419. The Balaban J connectivity index is 1.38. The molecule has 1 N–H and O–H groups in total. The summed E-state index contributed by atoms with van der Waals surface area (Å²) in [5.74, 6) is 1.32. The van der Waals surface area contributed by atoms with Gasteiger partial charge in [0.2, 0.25) is 5.91 Å². The third-order valence-electron chi connectivity index (χ3n) is 5.09. The molecule has 178 valence electrons. The van der Waals surface area contributed by atoms with Crippen LogP contribution in [-0.4, -0.2) is 25.0 Å². The normalized spacial score (nSPS) is 11.1. The van der Waals surface area contributed by atoms with Crippen LogP contribution in [0.4, 0.5) is 0 Å². The van der Waals surface area contributed by atoms with Crippen molar-refractivity contribution >= 4 is 68.8 Å². The SMILES string of the molecule is COc1cc(/C=N\NC(=O)CSc2ccc(Cl)cc2)cc(I)c1OCc1cccc2ccccc12. The minimum Gasteiger partial charge on any atom is -0.493 e. The number of thioether (sulfide) groups is 1. The molecular formula is C27H22ClIN2O3S. The summed E-state index contributed by atoms with van der Waals surface area (Å²) in [5.41, 5.74) is 4.45. The van der Waals surface area contributed by atoms with Gasteiger partial charge < -0.3 is 9.47 Å². The summed E-state index contributed by atoms with van der Waals surface area (Å²) in [5, 5.41) is 7.09. The van der Waals surface area contributed by atoms with E-state index >= 15 is 0 Å². The van der Waals surface area contributed by atoms with Crippen LogP contribution in [0.3, 0.4) is 0 Å². The second-order valence-electron chi connectivity index (χ2n) is 7.50. The standard InChI is InChI=1S/C27H22ClIN2O3S/c1-33-25-14-18(15-30-31-26(32)17-35-22-11-9-21(28)10-12-22)13-24(29)27(25)34-16-20-7-4-6-19-5-2-3-8-23(19)20/h2-15H,16-17H2,1H3,(H,31,32)/b30-15-. The maximum Gasteiger partial charge on any atom is 0.250 e. The van der Waals surface area contributed by atoms with Crippen molar-refractivity contribution in [2.75, 3.05) is 12.9 Å². The molecular weight excluding hydrogens is 595 g/mol. The molecule has 4 aromatic rings. The first-order chi connectivity index (χ1) is 17.0. The molecule has 0 saturated heterocycles. The number of halogens is 2. The molecule has 0 radical (unpaired) electrons. The molecule has 35 heavy (non-hydrogen) atoms. The average Bonchev–Trinajstić information content (AvgIpc) is 2.87. The highest BCUT2D eigenvalue weighted by molar-refractivity contribution is 14.1. The van der Waals surface area contributed by atoms with Crippen LogP contribution >= 0.6 is 46.0 Å². The molecule has 8 heteroatoms. The fraction of sp³-hybridized carbons (Fsp3) is 0.111. The fourth-order valence-corrected chi connectivity index (χ4v) is 5.01. The molecule has 5 nitrogen and oxygen atoms in total. The van der Waals surface area contributed by atoms with Crippen LogP contribution in [0.25, 0.3) is 10.8 Å². The number of carbonyl (C=O) groups is 1. The van der Waals surface area contributed by atoms with Crippen LogP contribution < -0.4 is 14.9 Å². The zero-order valence-corrected chi connectivity index (χ0v) is 22.6. The number of benzene rings is 4. The zero-order chi connectivity index (χ0) is 24.6. The van der Waals surface area contributed by atoms with Crippen molar-refractivity contribution in [3.05, 3.63) is 98.6 Å². The van der Waals surface area contributed by atoms with Crippen molar-refractivity contribution in [3.8, 4) is 11.5 Å². The largest absolute Gasteiger partial charge is 0.493 e. The lowest BCUT2D eigenvalue weighted by Crippen LogP contribution is -2.19. The maximum absolute atomic E-state index is 12.1. The Hall–Kier alpha value is -2.75. The third-order valence-corrected chi connectivity index (χ3v) is 7.16. The Bertz CT molecular complexity index is 1360. The van der Waals surface area contributed by atoms with E-state index in [0.29, 0.717) is 23.1 Å². The van der Waals surface area contributed by atoms with Gasteiger partial charge in [0.15, 0.2) is 11.5 Å². The lowest BCUT2D eigenvalue weighted by Gasteiger charge is -2.14. The van der Waals surface area contributed by atoms with Gasteiger partial charge in [-0.1, -0.05) is 54.1 Å². The van der Waals surface area contributed by atoms with E-state index in [1.807, 2.05) is 42.5 Å². The van der Waals surface area contributed by atoms with Gasteiger partial charge in [0.25, 0.3) is 0 Å². The number of hydrogen-bond acceptors (Lipinski definition) is 5. The molecule has 0 unspecified atom stereocenters. The third kappa shape index (κ3) is 6.90. The summed E-state index contributed by atoms with van der Waals surface area (Å²) in [6.07, 6.45) is 1.59. The molecule has 4 aromatic carbocycles. The van der Waals surface area contributed by atoms with Gasteiger partial charge in [-0.15, -0.1) is 11.8 Å². The van der Waals surface area contributed by atoms with E-state index in [1.54, 1.807) is 25.5 Å². The van der Waals surface area contributed by atoms with Crippen LogP contribution in [0, 0.1) is 3.57 Å². The van der Waals surface area contributed by atoms with Crippen LogP contribution in [-0.2, 0) is 11.4 Å². The van der Waals surface area contributed by atoms with E-state index in [9.17, 15) is 4.79 Å². The summed E-state index contributed by atoms with van der Waals surface area (Å²) in [7, 11) is 1.60. The van der Waals surface area contributed by atoms with E-state index in [-0.39, 0.29) is 11.7 Å². The molecule has 0 atom stereocenters. The van der Waals surface area contributed by atoms with Gasteiger partial charge in [-0.05, 0) is 80.9 Å². The van der Waals surface area contributed by atoms with E-state index in [1.165, 1.54) is 17.1 Å². The van der Waals surface area contributed by atoms with Gasteiger partial charge >= 0.3 is 0 Å². The molecule has 1 amide bonds. The Kier molecular flexibility index (Phi) is 8.90. The number of hydrogen-bond donors (Lipinski definition) is 1. The lowest BCUT2D eigenvalue weighted by molar-refractivity contribution is -0.118. The zero-order valence-electron chi connectivity index (χ0n) is 18.8. The predicted molar refractivity (Wildman–Crippen MR) is 152 cm³/mol. The molecule has 0 aromatic heterocycles. The first kappa shape index (κ1) is 25.3. The molecule has 4 rings (SSSR count). The van der Waals surface area contributed by atoms with Crippen molar-refractivity contribution in [1.82, 2.24) is 5.43 Å². The Morgan fingerprint density at radius 2 is 1.86 bits per heavy atom. The minimum atomic E-state index is -0.196. The van der Waals surface area contributed by atoms with E-state index in [0.717, 1.165) is 25.0 Å². The monoisotopic (exact) mass is 616 g/mol. The smallest absolute Gasteiger partial charge is 0.250 e. The summed E-state index contributed by atoms with van der Waals surface area (Å²) >= 11 is 9.52. The molecule has 0 spiro atoms. The second-order valence-corrected chi connectivity index (χ2v) is 10.1. The number of nitrogens with zero attached hydrogens (tertiary/aromatic N) is 1. The number of hydrazone groups is 1. The number of carbonyl (C=O) groups excluding carboxylic acids is 1. The molecule has 0 bridgehead atoms. The summed E-state index contributed by atoms with van der Waals surface area (Å²) < 4.78 is 12.6. The number of ether oxygens (including phenoxy) is 2. The Morgan fingerprint density at radius 1 is 1.09 bits per heavy atom. The highest BCUT2D eigenvalue weighted by Crippen LogP contribution is 2.34. The van der Waals surface area contributed by atoms with Gasteiger partial charge in [0.05, 0.1) is 22.6 Å². The fourth-order valence-electron chi connectivity index (χ4n) is 3.41. The van der Waals surface area contributed by atoms with Gasteiger partial charge in [0, 0.05) is 9.92 Å². The van der Waals surface area contributed by atoms with Crippen LogP contribution in [0.5, 0.6) is 11.5 Å². The van der Waals surface area contributed by atoms with E-state index < -0.39 is 0 Å². The minimum absolute atomic E-state index is 0.196. The molecule has 0 aliphatic carbocycles. The predicted octanol–water partition coefficient (Wildman–Crippen LogP) is 6.93. The Morgan fingerprint density at radius 3 is 2.66 bits per heavy atom. The average molecular weight is 617 g/mol. The molecule has 0 aliphatic heterocycles. The van der Waals surface area contributed by atoms with Gasteiger partial charge in [-0.2, -0.15) is 5.10 Å².